The van der Waals surface area contributed by atoms with Crippen LogP contribution < -0.4 is 0 Å². The number of rotatable bonds is 22. The molecule has 382 valence electrons. The molecular formula is C55H57O15P3. The normalized spacial score (nSPS) is 24.5. The van der Waals surface area contributed by atoms with Gasteiger partial charge in [0.25, 0.3) is 0 Å². The van der Waals surface area contributed by atoms with Gasteiger partial charge >= 0.3 is 23.0 Å². The lowest BCUT2D eigenvalue weighted by Gasteiger charge is -2.69. The Morgan fingerprint density at radius 1 is 0.370 bits per heavy atom. The van der Waals surface area contributed by atoms with E-state index in [1.807, 2.05) is 0 Å². The second kappa shape index (κ2) is 22.3. The van der Waals surface area contributed by atoms with Crippen LogP contribution >= 0.6 is 23.0 Å². The lowest BCUT2D eigenvalue weighted by molar-refractivity contribution is -0.372. The summed E-state index contributed by atoms with van der Waals surface area (Å²) >= 11 is 0. The first kappa shape index (κ1) is 54.0. The van der Waals surface area contributed by atoms with Crippen molar-refractivity contribution < 1.29 is 71.6 Å². The van der Waals surface area contributed by atoms with Gasteiger partial charge in [0.05, 0.1) is 26.4 Å². The van der Waals surface area contributed by atoms with Crippen molar-refractivity contribution in [3.05, 3.63) is 251 Å². The highest BCUT2D eigenvalue weighted by Gasteiger charge is 2.94. The van der Waals surface area contributed by atoms with Crippen LogP contribution in [0.25, 0.3) is 0 Å². The van der Waals surface area contributed by atoms with Gasteiger partial charge in [-0.25, -0.2) is 4.57 Å². The molecule has 0 aromatic heterocycles. The molecule has 0 heterocycles. The Bertz CT molecular complexity index is 2920. The fraction of sp³-hybridized carbons (Fsp3) is 0.236. The molecule has 8 rings (SSSR count). The number of benzene rings is 7. The SMILES string of the molecule is O=P(O)(O)O[C@@]1(Cc2ccccc2)[C@@H](O)[C@](O)(P(=O)(OCc2ccccc2)OCc2ccccc2)[C@@](O)(P(=O)(OCc2ccccc2)OCc2ccccc2)[C@](O)(Cc2ccccc2)[C@@]1(O)Cc1ccccc1. The second-order valence-electron chi connectivity index (χ2n) is 18.0. The minimum atomic E-state index is -6.16. The van der Waals surface area contributed by atoms with Gasteiger partial charge in [-0.15, -0.1) is 0 Å². The van der Waals surface area contributed by atoms with Crippen molar-refractivity contribution in [2.45, 2.75) is 79.3 Å². The first-order chi connectivity index (χ1) is 34.9. The van der Waals surface area contributed by atoms with Gasteiger partial charge in [0, 0.05) is 19.3 Å². The Kier molecular flexibility index (Phi) is 16.5. The number of aliphatic hydroxyl groups excluding tert-OH is 1. The summed E-state index contributed by atoms with van der Waals surface area (Å²) in [6.45, 7) is -2.88. The molecule has 7 aromatic rings. The largest absolute Gasteiger partial charge is 0.470 e. The fourth-order valence-corrected chi connectivity index (χ4v) is 15.7. The summed E-state index contributed by atoms with van der Waals surface area (Å²) in [6, 6.07) is 55.2. The number of aliphatic hydroxyl groups is 5. The molecule has 6 atom stereocenters. The number of phosphoric acid groups is 1. The smallest absolute Gasteiger partial charge is 0.386 e. The van der Waals surface area contributed by atoms with E-state index in [4.69, 9.17) is 22.6 Å². The number of hydrogen-bond donors (Lipinski definition) is 7. The van der Waals surface area contributed by atoms with Crippen molar-refractivity contribution in [1.82, 2.24) is 0 Å². The Hall–Kier alpha value is -5.25. The minimum absolute atomic E-state index is 0.0429. The predicted octanol–water partition coefficient (Wildman–Crippen LogP) is 9.03. The summed E-state index contributed by atoms with van der Waals surface area (Å²) in [5.41, 5.74) is -9.55. The van der Waals surface area contributed by atoms with Crippen molar-refractivity contribution in [2.24, 2.45) is 0 Å². The first-order valence-corrected chi connectivity index (χ1v) is 27.9. The van der Waals surface area contributed by atoms with E-state index in [-0.39, 0.29) is 16.7 Å². The standard InChI is InChI=1S/C55H57O15P3/c56-50-51(70-73(63,64)65,36-43-22-8-1-9-23-43)52(57,37-44-24-10-2-11-25-44)53(58,38-45-26-12-3-13-27-45)55(60,72(62,68-41-48-32-18-6-19-33-48)69-42-49-34-20-7-21-35-49)54(50,59)71(61,66-39-46-28-14-4-15-29-46)67-40-47-30-16-5-17-31-47/h1-35,50,56-60H,36-42H2,(H2,63,64,65)/t50-,51+,52-,53+,54+,55+/m1/s1. The highest BCUT2D eigenvalue weighted by Crippen LogP contribution is 2.82. The van der Waals surface area contributed by atoms with Crippen molar-refractivity contribution in [2.75, 3.05) is 0 Å². The molecule has 7 N–H and O–H groups in total. The zero-order chi connectivity index (χ0) is 51.9. The van der Waals surface area contributed by atoms with E-state index in [0.29, 0.717) is 22.3 Å². The van der Waals surface area contributed by atoms with Crippen molar-refractivity contribution in [3.63, 3.8) is 0 Å². The molecule has 1 fully saturated rings. The van der Waals surface area contributed by atoms with Crippen LogP contribution in [0.2, 0.25) is 0 Å². The molecule has 1 aliphatic carbocycles. The van der Waals surface area contributed by atoms with Crippen LogP contribution in [0.3, 0.4) is 0 Å². The predicted molar refractivity (Wildman–Crippen MR) is 272 cm³/mol. The van der Waals surface area contributed by atoms with Gasteiger partial charge in [0.2, 0.25) is 10.7 Å². The van der Waals surface area contributed by atoms with Crippen molar-refractivity contribution in [1.29, 1.82) is 0 Å². The molecule has 18 heteroatoms. The molecular weight excluding hydrogens is 994 g/mol. The van der Waals surface area contributed by atoms with Crippen LogP contribution in [0.1, 0.15) is 38.9 Å². The maximum atomic E-state index is 17.1. The maximum absolute atomic E-state index is 17.1. The van der Waals surface area contributed by atoms with Gasteiger partial charge in [0.1, 0.15) is 22.9 Å². The Labute approximate surface area is 423 Å². The third-order valence-corrected chi connectivity index (χ3v) is 18.8. The quantitative estimate of drug-likeness (QED) is 0.0314. The van der Waals surface area contributed by atoms with Gasteiger partial charge in [-0.3, -0.25) is 13.7 Å². The van der Waals surface area contributed by atoms with E-state index in [2.05, 4.69) is 0 Å². The number of hydrogen-bond acceptors (Lipinski definition) is 13. The summed E-state index contributed by atoms with van der Waals surface area (Å²) in [7, 11) is -18.5. The highest BCUT2D eigenvalue weighted by atomic mass is 31.2. The van der Waals surface area contributed by atoms with E-state index in [1.165, 1.54) is 60.7 Å². The second-order valence-corrected chi connectivity index (χ2v) is 23.5. The molecule has 0 radical (unpaired) electrons. The molecule has 7 aromatic carbocycles. The van der Waals surface area contributed by atoms with Gasteiger partial charge in [0.15, 0.2) is 0 Å². The summed E-state index contributed by atoms with van der Waals surface area (Å²) in [4.78, 5) is 22.4. The molecule has 73 heavy (non-hydrogen) atoms. The molecule has 1 aliphatic rings. The molecule has 0 amide bonds. The van der Waals surface area contributed by atoms with Gasteiger partial charge in [-0.2, -0.15) is 0 Å². The highest BCUT2D eigenvalue weighted by molar-refractivity contribution is 7.60. The zero-order valence-electron chi connectivity index (χ0n) is 39.5. The van der Waals surface area contributed by atoms with Crippen molar-refractivity contribution in [3.8, 4) is 0 Å². The minimum Gasteiger partial charge on any atom is -0.386 e. The monoisotopic (exact) mass is 1050 g/mol. The van der Waals surface area contributed by atoms with E-state index in [1.54, 1.807) is 152 Å². The molecule has 0 spiro atoms. The number of phosphoric ester groups is 1. The van der Waals surface area contributed by atoms with E-state index in [9.17, 15) is 39.9 Å². The van der Waals surface area contributed by atoms with Crippen LogP contribution in [0.5, 0.6) is 0 Å². The topological polar surface area (TPSA) is 239 Å². The van der Waals surface area contributed by atoms with Crippen LogP contribution in [0.4, 0.5) is 0 Å². The molecule has 0 unspecified atom stereocenters. The molecule has 0 aliphatic heterocycles. The average Bonchev–Trinajstić information content (AvgIpc) is 3.41. The Morgan fingerprint density at radius 3 is 0.932 bits per heavy atom. The lowest BCUT2D eigenvalue weighted by atomic mass is 9.53. The molecule has 15 nitrogen and oxygen atoms in total. The van der Waals surface area contributed by atoms with Crippen LogP contribution in [0.15, 0.2) is 212 Å². The molecule has 0 bridgehead atoms. The van der Waals surface area contributed by atoms with E-state index < -0.39 is 102 Å². The first-order valence-electron chi connectivity index (χ1n) is 23.3. The van der Waals surface area contributed by atoms with Gasteiger partial charge in [-0.05, 0) is 38.9 Å². The Morgan fingerprint density at radius 2 is 0.630 bits per heavy atom. The Balaban J connectivity index is 1.54. The molecule has 1 saturated carbocycles. The van der Waals surface area contributed by atoms with Crippen LogP contribution in [-0.4, -0.2) is 68.9 Å². The molecule has 0 saturated heterocycles. The summed E-state index contributed by atoms with van der Waals surface area (Å²) in [6.07, 6.45) is -6.49. The van der Waals surface area contributed by atoms with Gasteiger partial charge in [-0.1, -0.05) is 212 Å². The van der Waals surface area contributed by atoms with E-state index in [0.717, 1.165) is 0 Å². The third-order valence-electron chi connectivity index (χ3n) is 13.3. The fourth-order valence-electron chi connectivity index (χ4n) is 9.71. The maximum Gasteiger partial charge on any atom is 0.470 e. The van der Waals surface area contributed by atoms with Gasteiger partial charge < -0.3 is 53.4 Å². The van der Waals surface area contributed by atoms with Crippen molar-refractivity contribution >= 4 is 23.0 Å². The third kappa shape index (κ3) is 10.7. The summed E-state index contributed by atoms with van der Waals surface area (Å²) in [5.74, 6) is 0. The lowest BCUT2D eigenvalue weighted by Crippen LogP contribution is -2.92. The summed E-state index contributed by atoms with van der Waals surface area (Å²) in [5, 5.41) is 63.5. The zero-order valence-corrected chi connectivity index (χ0v) is 42.2. The van der Waals surface area contributed by atoms with Crippen LogP contribution in [0, 0.1) is 0 Å². The van der Waals surface area contributed by atoms with E-state index >= 15 is 9.13 Å². The average molecular weight is 1050 g/mol. The summed E-state index contributed by atoms with van der Waals surface area (Å²) < 4.78 is 79.0. The van der Waals surface area contributed by atoms with Crippen LogP contribution in [-0.2, 0) is 82.0 Å².